The number of nitrogens with one attached hydrogen (secondary N) is 1. The number of ether oxygens (including phenoxy) is 2. The first-order valence-electron chi connectivity index (χ1n) is 9.24. The Labute approximate surface area is 163 Å². The molecular formula is C21H23N5O2. The minimum absolute atomic E-state index is 0.548. The third-order valence-corrected chi connectivity index (χ3v) is 4.66. The Bertz CT molecular complexity index is 988. The van der Waals surface area contributed by atoms with Gasteiger partial charge in [-0.15, -0.1) is 0 Å². The topological polar surface area (TPSA) is 88.9 Å². The molecule has 0 amide bonds. The fourth-order valence-corrected chi connectivity index (χ4v) is 3.18. The maximum atomic E-state index is 7.09. The standard InChI is InChI=1S/C21H23N5O2/c22-8-7-21(23)16-1-4-19(5-2-16)28-20-6-3-18-13-17(24-26(18)15-20)14-25-9-11-27-12-10-25/h1-8,13,15,22H,9-12,14,23H2/b21-7-,22-8?. The number of rotatable bonds is 6. The highest BCUT2D eigenvalue weighted by atomic mass is 16.5. The van der Waals surface area contributed by atoms with Gasteiger partial charge >= 0.3 is 0 Å². The zero-order valence-electron chi connectivity index (χ0n) is 15.5. The molecule has 144 valence electrons. The summed E-state index contributed by atoms with van der Waals surface area (Å²) in [5.41, 5.74) is 9.36. The number of allylic oxidation sites excluding steroid dienone is 1. The van der Waals surface area contributed by atoms with Gasteiger partial charge in [-0.2, -0.15) is 5.10 Å². The summed E-state index contributed by atoms with van der Waals surface area (Å²) in [7, 11) is 0. The third-order valence-electron chi connectivity index (χ3n) is 4.66. The van der Waals surface area contributed by atoms with Crippen LogP contribution in [0.25, 0.3) is 11.2 Å². The van der Waals surface area contributed by atoms with Gasteiger partial charge < -0.3 is 20.6 Å². The van der Waals surface area contributed by atoms with E-state index in [1.807, 2.05) is 47.1 Å². The summed E-state index contributed by atoms with van der Waals surface area (Å²) < 4.78 is 13.2. The molecule has 7 nitrogen and oxygen atoms in total. The molecule has 4 rings (SSSR count). The monoisotopic (exact) mass is 377 g/mol. The molecule has 7 heteroatoms. The smallest absolute Gasteiger partial charge is 0.145 e. The summed E-state index contributed by atoms with van der Waals surface area (Å²) in [5.74, 6) is 1.43. The normalized spacial score (nSPS) is 15.6. The number of fused-ring (bicyclic) bond motifs is 1. The van der Waals surface area contributed by atoms with E-state index < -0.39 is 0 Å². The van der Waals surface area contributed by atoms with E-state index in [1.165, 1.54) is 6.21 Å². The van der Waals surface area contributed by atoms with E-state index in [1.54, 1.807) is 6.08 Å². The molecule has 1 aliphatic heterocycles. The number of aromatic nitrogens is 2. The Balaban J connectivity index is 1.46. The highest BCUT2D eigenvalue weighted by Crippen LogP contribution is 2.24. The Kier molecular flexibility index (Phi) is 5.36. The predicted molar refractivity (Wildman–Crippen MR) is 109 cm³/mol. The maximum Gasteiger partial charge on any atom is 0.145 e. The molecule has 1 saturated heterocycles. The van der Waals surface area contributed by atoms with E-state index in [0.717, 1.165) is 49.6 Å². The number of morpholine rings is 1. The molecule has 0 bridgehead atoms. The molecule has 1 fully saturated rings. The minimum atomic E-state index is 0.548. The van der Waals surface area contributed by atoms with Crippen LogP contribution in [0.4, 0.5) is 0 Å². The summed E-state index contributed by atoms with van der Waals surface area (Å²) in [6.07, 6.45) is 4.61. The number of hydrogen-bond acceptors (Lipinski definition) is 6. The molecule has 0 unspecified atom stereocenters. The third kappa shape index (κ3) is 4.21. The molecule has 0 saturated carbocycles. The van der Waals surface area contributed by atoms with Gasteiger partial charge in [0, 0.05) is 31.5 Å². The molecule has 1 aromatic carbocycles. The molecular weight excluding hydrogens is 354 g/mol. The number of hydrogen-bond donors (Lipinski definition) is 2. The SMILES string of the molecule is N=C/C=C(\N)c1ccc(Oc2ccc3cc(CN4CCOCC4)nn3c2)cc1. The lowest BCUT2D eigenvalue weighted by Crippen LogP contribution is -2.35. The van der Waals surface area contributed by atoms with Crippen LogP contribution >= 0.6 is 0 Å². The first kappa shape index (κ1) is 18.2. The first-order valence-corrected chi connectivity index (χ1v) is 9.24. The van der Waals surface area contributed by atoms with Crippen LogP contribution < -0.4 is 10.5 Å². The van der Waals surface area contributed by atoms with E-state index >= 15 is 0 Å². The molecule has 3 N–H and O–H groups in total. The highest BCUT2D eigenvalue weighted by molar-refractivity contribution is 5.81. The summed E-state index contributed by atoms with van der Waals surface area (Å²) in [5, 5.41) is 11.8. The van der Waals surface area contributed by atoms with Crippen molar-refractivity contribution in [3.63, 3.8) is 0 Å². The van der Waals surface area contributed by atoms with Crippen molar-refractivity contribution in [1.82, 2.24) is 14.5 Å². The fraction of sp³-hybridized carbons (Fsp3) is 0.238. The Morgan fingerprint density at radius 1 is 1.14 bits per heavy atom. The van der Waals surface area contributed by atoms with Crippen LogP contribution in [0.3, 0.4) is 0 Å². The van der Waals surface area contributed by atoms with Gasteiger partial charge in [-0.3, -0.25) is 4.90 Å². The van der Waals surface area contributed by atoms with Crippen molar-refractivity contribution in [2.24, 2.45) is 5.73 Å². The Morgan fingerprint density at radius 3 is 2.64 bits per heavy atom. The molecule has 0 radical (unpaired) electrons. The first-order chi connectivity index (χ1) is 13.7. The van der Waals surface area contributed by atoms with Crippen LogP contribution in [0.1, 0.15) is 11.3 Å². The van der Waals surface area contributed by atoms with E-state index in [2.05, 4.69) is 16.1 Å². The van der Waals surface area contributed by atoms with Gasteiger partial charge in [0.2, 0.25) is 0 Å². The lowest BCUT2D eigenvalue weighted by molar-refractivity contribution is 0.0336. The molecule has 3 aromatic rings. The largest absolute Gasteiger partial charge is 0.456 e. The van der Waals surface area contributed by atoms with E-state index in [-0.39, 0.29) is 0 Å². The zero-order chi connectivity index (χ0) is 19.3. The summed E-state index contributed by atoms with van der Waals surface area (Å²) >= 11 is 0. The highest BCUT2D eigenvalue weighted by Gasteiger charge is 2.13. The number of pyridine rings is 1. The van der Waals surface area contributed by atoms with Gasteiger partial charge in [-0.05, 0) is 54.1 Å². The molecule has 3 heterocycles. The molecule has 0 atom stereocenters. The maximum absolute atomic E-state index is 7.09. The number of benzene rings is 1. The van der Waals surface area contributed by atoms with Crippen molar-refractivity contribution in [3.8, 4) is 11.5 Å². The van der Waals surface area contributed by atoms with Crippen LogP contribution in [0.2, 0.25) is 0 Å². The van der Waals surface area contributed by atoms with E-state index in [0.29, 0.717) is 17.2 Å². The van der Waals surface area contributed by atoms with Gasteiger partial charge in [0.15, 0.2) is 0 Å². The minimum Gasteiger partial charge on any atom is -0.456 e. The Hall–Kier alpha value is -3.16. The van der Waals surface area contributed by atoms with Crippen molar-refractivity contribution >= 4 is 17.4 Å². The lowest BCUT2D eigenvalue weighted by atomic mass is 10.1. The van der Waals surface area contributed by atoms with Crippen molar-refractivity contribution < 1.29 is 9.47 Å². The van der Waals surface area contributed by atoms with Crippen molar-refractivity contribution in [3.05, 3.63) is 66.0 Å². The predicted octanol–water partition coefficient (Wildman–Crippen LogP) is 2.91. The van der Waals surface area contributed by atoms with Crippen molar-refractivity contribution in [2.45, 2.75) is 6.54 Å². The Morgan fingerprint density at radius 2 is 1.89 bits per heavy atom. The van der Waals surface area contributed by atoms with Gasteiger partial charge in [0.05, 0.1) is 30.6 Å². The van der Waals surface area contributed by atoms with E-state index in [4.69, 9.17) is 20.6 Å². The second-order valence-corrected chi connectivity index (χ2v) is 6.67. The van der Waals surface area contributed by atoms with Crippen molar-refractivity contribution in [2.75, 3.05) is 26.3 Å². The van der Waals surface area contributed by atoms with Gasteiger partial charge in [-0.1, -0.05) is 0 Å². The van der Waals surface area contributed by atoms with E-state index in [9.17, 15) is 0 Å². The quantitative estimate of drug-likeness (QED) is 0.645. The molecule has 1 aliphatic rings. The van der Waals surface area contributed by atoms with Gasteiger partial charge in [0.25, 0.3) is 0 Å². The number of nitrogens with zero attached hydrogens (tertiary/aromatic N) is 3. The summed E-state index contributed by atoms with van der Waals surface area (Å²) in [6, 6.07) is 13.5. The second-order valence-electron chi connectivity index (χ2n) is 6.67. The fourth-order valence-electron chi connectivity index (χ4n) is 3.18. The molecule has 2 aromatic heterocycles. The summed E-state index contributed by atoms with van der Waals surface area (Å²) in [4.78, 5) is 2.35. The molecule has 0 aliphatic carbocycles. The van der Waals surface area contributed by atoms with Crippen molar-refractivity contribution in [1.29, 1.82) is 5.41 Å². The van der Waals surface area contributed by atoms with Gasteiger partial charge in [-0.25, -0.2) is 4.52 Å². The van der Waals surface area contributed by atoms with Crippen LogP contribution in [-0.4, -0.2) is 47.0 Å². The summed E-state index contributed by atoms with van der Waals surface area (Å²) in [6.45, 7) is 4.28. The average molecular weight is 377 g/mol. The average Bonchev–Trinajstić information content (AvgIpc) is 3.11. The van der Waals surface area contributed by atoms with Gasteiger partial charge in [0.1, 0.15) is 11.5 Å². The van der Waals surface area contributed by atoms with Crippen LogP contribution in [-0.2, 0) is 11.3 Å². The van der Waals surface area contributed by atoms with Crippen LogP contribution in [0, 0.1) is 5.41 Å². The number of nitrogens with two attached hydrogens (primary N) is 1. The van der Waals surface area contributed by atoms with Crippen LogP contribution in [0.5, 0.6) is 11.5 Å². The molecule has 28 heavy (non-hydrogen) atoms. The zero-order valence-corrected chi connectivity index (χ0v) is 15.5. The second kappa shape index (κ2) is 8.24. The van der Waals surface area contributed by atoms with Crippen LogP contribution in [0.15, 0.2) is 54.7 Å². The lowest BCUT2D eigenvalue weighted by Gasteiger charge is -2.25. The molecule has 0 spiro atoms.